The lowest BCUT2D eigenvalue weighted by atomic mass is 9.88. The van der Waals surface area contributed by atoms with Crippen molar-refractivity contribution in [2.24, 2.45) is 0 Å². The van der Waals surface area contributed by atoms with Gasteiger partial charge in [-0.1, -0.05) is 12.1 Å². The van der Waals surface area contributed by atoms with Crippen LogP contribution in [0.4, 0.5) is 0 Å². The fourth-order valence-corrected chi connectivity index (χ4v) is 2.83. The maximum Gasteiger partial charge on any atom is 0.312 e. The van der Waals surface area contributed by atoms with Crippen LogP contribution in [-0.2, 0) is 11.2 Å². The molecule has 0 spiro atoms. The Kier molecular flexibility index (Phi) is 3.18. The third-order valence-corrected chi connectivity index (χ3v) is 3.77. The van der Waals surface area contributed by atoms with Gasteiger partial charge in [-0.25, -0.2) is 4.68 Å². The summed E-state index contributed by atoms with van der Waals surface area (Å²) in [5.74, 6) is -0.595. The Morgan fingerprint density at radius 2 is 2.25 bits per heavy atom. The quantitative estimate of drug-likeness (QED) is 0.931. The van der Waals surface area contributed by atoms with Crippen LogP contribution in [0.25, 0.3) is 5.69 Å². The maximum atomic E-state index is 11.5. The number of ether oxygens (including phenoxy) is 1. The number of carboxylic acid groups (broad SMARTS) is 1. The second kappa shape index (κ2) is 5.00. The van der Waals surface area contributed by atoms with Gasteiger partial charge in [0.15, 0.2) is 0 Å². The summed E-state index contributed by atoms with van der Waals surface area (Å²) in [4.78, 5) is 11.5. The molecule has 1 N–H and O–H groups in total. The molecule has 1 aromatic heterocycles. The fraction of sp³-hybridized carbons (Fsp3) is 0.333. The topological polar surface area (TPSA) is 64.4 Å². The molecule has 0 radical (unpaired) electrons. The second-order valence-electron chi connectivity index (χ2n) is 4.92. The minimum absolute atomic E-state index is 0.494. The van der Waals surface area contributed by atoms with Crippen molar-refractivity contribution in [1.82, 2.24) is 9.78 Å². The smallest absolute Gasteiger partial charge is 0.312 e. The van der Waals surface area contributed by atoms with E-state index in [0.29, 0.717) is 12.2 Å². The molecule has 5 nitrogen and oxygen atoms in total. The van der Waals surface area contributed by atoms with Crippen molar-refractivity contribution in [3.05, 3.63) is 41.7 Å². The highest BCUT2D eigenvalue weighted by Gasteiger charge is 2.31. The van der Waals surface area contributed by atoms with E-state index >= 15 is 0 Å². The standard InChI is InChI=1S/C15H16N2O3/c1-20-13-8-3-2-7-12(13)17-14-10(9-16-17)5-4-6-11(14)15(18)19/h2-3,7-9,11H,4-6H2,1H3,(H,18,19). The maximum absolute atomic E-state index is 11.5. The molecule has 104 valence electrons. The third kappa shape index (κ3) is 1.95. The summed E-state index contributed by atoms with van der Waals surface area (Å²) >= 11 is 0. The van der Waals surface area contributed by atoms with E-state index in [9.17, 15) is 9.90 Å². The summed E-state index contributed by atoms with van der Waals surface area (Å²) in [6, 6.07) is 7.51. The Morgan fingerprint density at radius 3 is 3.00 bits per heavy atom. The lowest BCUT2D eigenvalue weighted by molar-refractivity contribution is -0.139. The zero-order chi connectivity index (χ0) is 14.1. The predicted octanol–water partition coefficient (Wildman–Crippen LogP) is 2.39. The molecule has 20 heavy (non-hydrogen) atoms. The molecule has 1 heterocycles. The monoisotopic (exact) mass is 272 g/mol. The number of aromatic nitrogens is 2. The third-order valence-electron chi connectivity index (χ3n) is 3.77. The number of rotatable bonds is 3. The van der Waals surface area contributed by atoms with Crippen LogP contribution in [0.2, 0.25) is 0 Å². The number of hydrogen-bond donors (Lipinski definition) is 1. The van der Waals surface area contributed by atoms with Gasteiger partial charge in [-0.15, -0.1) is 0 Å². The largest absolute Gasteiger partial charge is 0.494 e. The minimum atomic E-state index is -0.789. The molecular weight excluding hydrogens is 256 g/mol. The SMILES string of the molecule is COc1ccccc1-n1ncc2c1C(C(=O)O)CCC2. The Morgan fingerprint density at radius 1 is 1.45 bits per heavy atom. The summed E-state index contributed by atoms with van der Waals surface area (Å²) in [7, 11) is 1.60. The number of benzene rings is 1. The van der Waals surface area contributed by atoms with Crippen molar-refractivity contribution >= 4 is 5.97 Å². The van der Waals surface area contributed by atoms with Crippen molar-refractivity contribution in [1.29, 1.82) is 0 Å². The van der Waals surface area contributed by atoms with Crippen LogP contribution in [0.1, 0.15) is 30.0 Å². The summed E-state index contributed by atoms with van der Waals surface area (Å²) in [6.07, 6.45) is 4.20. The first kappa shape index (κ1) is 12.7. The Hall–Kier alpha value is -2.30. The number of methoxy groups -OCH3 is 1. The van der Waals surface area contributed by atoms with Gasteiger partial charge < -0.3 is 9.84 Å². The van der Waals surface area contributed by atoms with E-state index in [2.05, 4.69) is 5.10 Å². The molecular formula is C15H16N2O3. The lowest BCUT2D eigenvalue weighted by Gasteiger charge is -2.21. The van der Waals surface area contributed by atoms with E-state index in [1.807, 2.05) is 24.3 Å². The number of para-hydroxylation sites is 2. The molecule has 3 rings (SSSR count). The molecule has 0 amide bonds. The molecule has 0 saturated carbocycles. The summed E-state index contributed by atoms with van der Waals surface area (Å²) in [5.41, 5.74) is 2.59. The van der Waals surface area contributed by atoms with Crippen molar-refractivity contribution in [3.63, 3.8) is 0 Å². The van der Waals surface area contributed by atoms with Crippen LogP contribution in [-0.4, -0.2) is 28.0 Å². The second-order valence-corrected chi connectivity index (χ2v) is 4.92. The molecule has 1 unspecified atom stereocenters. The van der Waals surface area contributed by atoms with Crippen LogP contribution < -0.4 is 4.74 Å². The highest BCUT2D eigenvalue weighted by molar-refractivity contribution is 5.76. The Balaban J connectivity index is 2.16. The molecule has 1 atom stereocenters. The van der Waals surface area contributed by atoms with Gasteiger partial charge in [0.1, 0.15) is 11.4 Å². The molecule has 0 fully saturated rings. The number of fused-ring (bicyclic) bond motifs is 1. The van der Waals surface area contributed by atoms with E-state index in [4.69, 9.17) is 4.74 Å². The van der Waals surface area contributed by atoms with Crippen molar-refractivity contribution in [3.8, 4) is 11.4 Å². The summed E-state index contributed by atoms with van der Waals surface area (Å²) < 4.78 is 7.06. The highest BCUT2D eigenvalue weighted by atomic mass is 16.5. The molecule has 2 aromatic rings. The average Bonchev–Trinajstić information content (AvgIpc) is 2.90. The van der Waals surface area contributed by atoms with Crippen molar-refractivity contribution in [2.45, 2.75) is 25.2 Å². The highest BCUT2D eigenvalue weighted by Crippen LogP contribution is 2.35. The van der Waals surface area contributed by atoms with Crippen molar-refractivity contribution in [2.75, 3.05) is 7.11 Å². The molecule has 0 saturated heterocycles. The van der Waals surface area contributed by atoms with Crippen LogP contribution in [0.5, 0.6) is 5.75 Å². The van der Waals surface area contributed by atoms with Gasteiger partial charge in [0.05, 0.1) is 24.9 Å². The average molecular weight is 272 g/mol. The van der Waals surface area contributed by atoms with Gasteiger partial charge in [-0.3, -0.25) is 4.79 Å². The fourth-order valence-electron chi connectivity index (χ4n) is 2.83. The molecule has 0 aliphatic heterocycles. The van der Waals surface area contributed by atoms with E-state index in [1.54, 1.807) is 18.0 Å². The van der Waals surface area contributed by atoms with E-state index < -0.39 is 11.9 Å². The van der Waals surface area contributed by atoms with Gasteiger partial charge in [-0.2, -0.15) is 5.10 Å². The molecule has 1 aromatic carbocycles. The number of carboxylic acids is 1. The number of aryl methyl sites for hydroxylation is 1. The minimum Gasteiger partial charge on any atom is -0.494 e. The van der Waals surface area contributed by atoms with Gasteiger partial charge >= 0.3 is 5.97 Å². The van der Waals surface area contributed by atoms with E-state index in [-0.39, 0.29) is 0 Å². The molecule has 0 bridgehead atoms. The first-order valence-corrected chi connectivity index (χ1v) is 6.65. The molecule has 5 heteroatoms. The van der Waals surface area contributed by atoms with Gasteiger partial charge in [0.2, 0.25) is 0 Å². The number of nitrogens with zero attached hydrogens (tertiary/aromatic N) is 2. The first-order valence-electron chi connectivity index (χ1n) is 6.65. The zero-order valence-corrected chi connectivity index (χ0v) is 11.2. The van der Waals surface area contributed by atoms with Gasteiger partial charge in [0, 0.05) is 0 Å². The lowest BCUT2D eigenvalue weighted by Crippen LogP contribution is -2.21. The normalized spacial score (nSPS) is 17.6. The van der Waals surface area contributed by atoms with E-state index in [0.717, 1.165) is 29.8 Å². The Labute approximate surface area is 116 Å². The number of hydrogen-bond acceptors (Lipinski definition) is 3. The number of carbonyl (C=O) groups is 1. The van der Waals surface area contributed by atoms with Crippen LogP contribution in [0.15, 0.2) is 30.5 Å². The van der Waals surface area contributed by atoms with Gasteiger partial charge in [0.25, 0.3) is 0 Å². The van der Waals surface area contributed by atoms with E-state index in [1.165, 1.54) is 0 Å². The molecule has 1 aliphatic carbocycles. The van der Waals surface area contributed by atoms with Crippen molar-refractivity contribution < 1.29 is 14.6 Å². The van der Waals surface area contributed by atoms with Crippen LogP contribution in [0, 0.1) is 0 Å². The van der Waals surface area contributed by atoms with Gasteiger partial charge in [-0.05, 0) is 37.0 Å². The Bertz CT molecular complexity index is 648. The van der Waals surface area contributed by atoms with Crippen LogP contribution >= 0.6 is 0 Å². The predicted molar refractivity (Wildman–Crippen MR) is 73.4 cm³/mol. The van der Waals surface area contributed by atoms with Crippen LogP contribution in [0.3, 0.4) is 0 Å². The molecule has 1 aliphatic rings. The zero-order valence-electron chi connectivity index (χ0n) is 11.2. The first-order chi connectivity index (χ1) is 9.72. The number of aliphatic carboxylic acids is 1. The summed E-state index contributed by atoms with van der Waals surface area (Å²) in [5, 5.41) is 13.8. The summed E-state index contributed by atoms with van der Waals surface area (Å²) in [6.45, 7) is 0.